The minimum absolute atomic E-state index is 0.00847. The first kappa shape index (κ1) is 17.1. The van der Waals surface area contributed by atoms with Crippen LogP contribution >= 0.6 is 11.8 Å². The number of halogens is 1. The molecule has 0 radical (unpaired) electrons. The average Bonchev–Trinajstić information content (AvgIpc) is 3.12. The van der Waals surface area contributed by atoms with Crippen LogP contribution in [0.1, 0.15) is 22.7 Å². The second kappa shape index (κ2) is 7.02. The van der Waals surface area contributed by atoms with Gasteiger partial charge in [0.1, 0.15) is 5.82 Å². The van der Waals surface area contributed by atoms with Crippen molar-refractivity contribution in [2.75, 3.05) is 17.3 Å². The Morgan fingerprint density at radius 2 is 2.04 bits per heavy atom. The quantitative estimate of drug-likeness (QED) is 0.568. The van der Waals surface area contributed by atoms with Crippen LogP contribution in [0.15, 0.2) is 33.9 Å². The van der Waals surface area contributed by atoms with E-state index in [-0.39, 0.29) is 34.2 Å². The lowest BCUT2D eigenvalue weighted by molar-refractivity contribution is 0.102. The van der Waals surface area contributed by atoms with Crippen LogP contribution in [0.25, 0.3) is 0 Å². The highest BCUT2D eigenvalue weighted by Crippen LogP contribution is 2.24. The van der Waals surface area contributed by atoms with Crippen LogP contribution in [0.5, 0.6) is 0 Å². The molecule has 1 aromatic heterocycles. The molecule has 0 amide bonds. The number of aromatic nitrogens is 2. The average molecular weight is 370 g/mol. The van der Waals surface area contributed by atoms with Crippen LogP contribution in [0.2, 0.25) is 0 Å². The molecule has 0 aliphatic carbocycles. The minimum atomic E-state index is -2.93. The van der Waals surface area contributed by atoms with Crippen LogP contribution in [0.4, 0.5) is 4.39 Å². The van der Waals surface area contributed by atoms with Crippen LogP contribution in [-0.4, -0.2) is 41.7 Å². The van der Waals surface area contributed by atoms with Gasteiger partial charge in [0.25, 0.3) is 5.22 Å². The third-order valence-electron chi connectivity index (χ3n) is 3.73. The van der Waals surface area contributed by atoms with Gasteiger partial charge in [-0.05, 0) is 36.6 Å². The number of nitrogens with zero attached hydrogens (tertiary/aromatic N) is 2. The summed E-state index contributed by atoms with van der Waals surface area (Å²) in [5.74, 6) is 0.297. The van der Waals surface area contributed by atoms with Crippen molar-refractivity contribution >= 4 is 27.4 Å². The summed E-state index contributed by atoms with van der Waals surface area (Å²) in [4.78, 5) is 12.0. The molecule has 1 atom stereocenters. The highest BCUT2D eigenvalue weighted by atomic mass is 32.2. The molecule has 0 spiro atoms. The van der Waals surface area contributed by atoms with E-state index in [1.165, 1.54) is 24.3 Å². The summed E-state index contributed by atoms with van der Waals surface area (Å²) in [5.41, 5.74) is 0.416. The van der Waals surface area contributed by atoms with Crippen molar-refractivity contribution in [3.8, 4) is 0 Å². The predicted molar refractivity (Wildman–Crippen MR) is 86.2 cm³/mol. The second-order valence-electron chi connectivity index (χ2n) is 5.65. The van der Waals surface area contributed by atoms with Crippen molar-refractivity contribution in [1.29, 1.82) is 0 Å². The molecule has 0 unspecified atom stereocenters. The van der Waals surface area contributed by atoms with E-state index in [0.717, 1.165) is 11.8 Å². The minimum Gasteiger partial charge on any atom is -0.416 e. The number of benzene rings is 1. The molecule has 24 heavy (non-hydrogen) atoms. The van der Waals surface area contributed by atoms with Crippen molar-refractivity contribution in [3.05, 3.63) is 41.5 Å². The third-order valence-corrected chi connectivity index (χ3v) is 6.39. The second-order valence-corrected chi connectivity index (χ2v) is 8.81. The molecule has 6 nitrogen and oxygen atoms in total. The number of hydrogen-bond donors (Lipinski definition) is 0. The summed E-state index contributed by atoms with van der Waals surface area (Å²) in [6.07, 6.45) is 1.04. The first-order chi connectivity index (χ1) is 11.4. The first-order valence-corrected chi connectivity index (χ1v) is 10.2. The van der Waals surface area contributed by atoms with Gasteiger partial charge < -0.3 is 4.42 Å². The van der Waals surface area contributed by atoms with Gasteiger partial charge in [0.05, 0.1) is 17.3 Å². The lowest BCUT2D eigenvalue weighted by Gasteiger charge is -2.02. The largest absolute Gasteiger partial charge is 0.416 e. The molecule has 2 aromatic rings. The summed E-state index contributed by atoms with van der Waals surface area (Å²) in [7, 11) is -2.93. The van der Waals surface area contributed by atoms with Crippen LogP contribution in [0, 0.1) is 11.7 Å². The van der Waals surface area contributed by atoms with E-state index >= 15 is 0 Å². The molecule has 1 aromatic carbocycles. The van der Waals surface area contributed by atoms with Gasteiger partial charge in [0.15, 0.2) is 15.6 Å². The van der Waals surface area contributed by atoms with E-state index in [9.17, 15) is 17.6 Å². The lowest BCUT2D eigenvalue weighted by Crippen LogP contribution is -2.07. The van der Waals surface area contributed by atoms with Crippen molar-refractivity contribution < 1.29 is 22.0 Å². The Bertz CT molecular complexity index is 833. The molecule has 1 aliphatic rings. The molecule has 1 fully saturated rings. The van der Waals surface area contributed by atoms with Gasteiger partial charge in [-0.3, -0.25) is 4.79 Å². The topological polar surface area (TPSA) is 90.1 Å². The Hall–Kier alpha value is -1.74. The van der Waals surface area contributed by atoms with Gasteiger partial charge in [-0.2, -0.15) is 0 Å². The number of rotatable bonds is 6. The number of carbonyl (C=O) groups is 1. The molecule has 1 aliphatic heterocycles. The summed E-state index contributed by atoms with van der Waals surface area (Å²) in [6.45, 7) is 0. The molecule has 9 heteroatoms. The molecule has 128 valence electrons. The molecule has 0 bridgehead atoms. The van der Waals surface area contributed by atoms with Gasteiger partial charge in [-0.15, -0.1) is 10.2 Å². The van der Waals surface area contributed by atoms with E-state index in [1.54, 1.807) is 0 Å². The Kier molecular flexibility index (Phi) is 5.00. The van der Waals surface area contributed by atoms with Crippen molar-refractivity contribution in [1.82, 2.24) is 10.2 Å². The lowest BCUT2D eigenvalue weighted by atomic mass is 10.1. The van der Waals surface area contributed by atoms with E-state index in [2.05, 4.69) is 10.2 Å². The van der Waals surface area contributed by atoms with Crippen molar-refractivity contribution in [2.24, 2.45) is 5.92 Å². The molecule has 2 heterocycles. The molecule has 3 rings (SSSR count). The maximum atomic E-state index is 12.8. The zero-order valence-electron chi connectivity index (χ0n) is 12.6. The maximum absolute atomic E-state index is 12.8. The van der Waals surface area contributed by atoms with E-state index in [4.69, 9.17) is 4.42 Å². The van der Waals surface area contributed by atoms with Gasteiger partial charge in [-0.1, -0.05) is 11.8 Å². The zero-order chi connectivity index (χ0) is 17.2. The fourth-order valence-electron chi connectivity index (χ4n) is 2.51. The van der Waals surface area contributed by atoms with Gasteiger partial charge in [0, 0.05) is 12.0 Å². The Labute approximate surface area is 142 Å². The predicted octanol–water partition coefficient (Wildman–Crippen LogP) is 2.16. The number of carbonyl (C=O) groups excluding carboxylic acids is 1. The number of Topliss-reactive ketones (excluding diaryl/α,β-unsaturated/α-hetero) is 1. The van der Waals surface area contributed by atoms with Crippen LogP contribution in [-0.2, 0) is 16.3 Å². The van der Waals surface area contributed by atoms with Gasteiger partial charge in [-0.25, -0.2) is 12.8 Å². The smallest absolute Gasteiger partial charge is 0.277 e. The normalized spacial score (nSPS) is 19.5. The number of thioether (sulfide) groups is 1. The fourth-order valence-corrected chi connectivity index (χ4v) is 5.04. The van der Waals surface area contributed by atoms with Gasteiger partial charge >= 0.3 is 0 Å². The van der Waals surface area contributed by atoms with E-state index < -0.39 is 15.7 Å². The molecule has 1 saturated heterocycles. The van der Waals surface area contributed by atoms with Gasteiger partial charge in [0.2, 0.25) is 5.89 Å². The van der Waals surface area contributed by atoms with E-state index in [0.29, 0.717) is 24.3 Å². The summed E-state index contributed by atoms with van der Waals surface area (Å²) < 4.78 is 41.2. The Morgan fingerprint density at radius 1 is 1.29 bits per heavy atom. The SMILES string of the molecule is O=C(CSc1nnc(C[C@@H]2CCS(=O)(=O)C2)o1)c1ccc(F)cc1. The maximum Gasteiger partial charge on any atom is 0.277 e. The first-order valence-electron chi connectivity index (χ1n) is 7.36. The van der Waals surface area contributed by atoms with Crippen molar-refractivity contribution in [2.45, 2.75) is 18.1 Å². The Morgan fingerprint density at radius 3 is 2.71 bits per heavy atom. The molecule has 0 saturated carbocycles. The molecule has 0 N–H and O–H groups in total. The fraction of sp³-hybridized carbons (Fsp3) is 0.400. The zero-order valence-corrected chi connectivity index (χ0v) is 14.3. The standard InChI is InChI=1S/C15H15FN2O4S2/c16-12-3-1-11(2-4-12)13(19)8-23-15-18-17-14(22-15)7-10-5-6-24(20,21)9-10/h1-4,10H,5-9H2/t10-/m0/s1. The summed E-state index contributed by atoms with van der Waals surface area (Å²) >= 11 is 1.10. The van der Waals surface area contributed by atoms with E-state index in [1.807, 2.05) is 0 Å². The molecular formula is C15H15FN2O4S2. The number of ketones is 1. The Balaban J connectivity index is 1.52. The highest BCUT2D eigenvalue weighted by Gasteiger charge is 2.29. The molecular weight excluding hydrogens is 355 g/mol. The highest BCUT2D eigenvalue weighted by molar-refractivity contribution is 7.99. The number of sulfone groups is 1. The summed E-state index contributed by atoms with van der Waals surface area (Å²) in [6, 6.07) is 5.33. The van der Waals surface area contributed by atoms with Crippen molar-refractivity contribution in [3.63, 3.8) is 0 Å². The third kappa shape index (κ3) is 4.41. The van der Waals surface area contributed by atoms with Crippen LogP contribution in [0.3, 0.4) is 0 Å². The number of hydrogen-bond acceptors (Lipinski definition) is 7. The summed E-state index contributed by atoms with van der Waals surface area (Å²) in [5, 5.41) is 8.02. The monoisotopic (exact) mass is 370 g/mol. The van der Waals surface area contributed by atoms with Crippen LogP contribution < -0.4 is 0 Å².